The first-order chi connectivity index (χ1) is 7.33. The smallest absolute Gasteiger partial charge is 0.237 e. The van der Waals surface area contributed by atoms with E-state index in [0.717, 1.165) is 18.7 Å². The van der Waals surface area contributed by atoms with E-state index >= 15 is 0 Å². The van der Waals surface area contributed by atoms with E-state index < -0.39 is 5.54 Å². The molecule has 0 aromatic heterocycles. The summed E-state index contributed by atoms with van der Waals surface area (Å²) in [6.45, 7) is 11.3. The molecule has 0 rings (SSSR count). The molecular formula is C12H26N2OS. The van der Waals surface area contributed by atoms with E-state index in [9.17, 15) is 4.79 Å². The van der Waals surface area contributed by atoms with Crippen molar-refractivity contribution in [2.24, 2.45) is 11.7 Å². The van der Waals surface area contributed by atoms with E-state index in [1.165, 1.54) is 0 Å². The van der Waals surface area contributed by atoms with Gasteiger partial charge in [0.1, 0.15) is 0 Å². The number of nitrogens with two attached hydrogens (primary N) is 1. The molecule has 0 fully saturated rings. The van der Waals surface area contributed by atoms with Gasteiger partial charge < -0.3 is 11.1 Å². The zero-order valence-electron chi connectivity index (χ0n) is 11.2. The number of carbonyl (C=O) groups is 1. The number of hydrogen-bond donors (Lipinski definition) is 2. The van der Waals surface area contributed by atoms with Crippen LogP contribution in [0.3, 0.4) is 0 Å². The molecule has 2 atom stereocenters. The van der Waals surface area contributed by atoms with Crippen molar-refractivity contribution in [1.82, 2.24) is 5.32 Å². The van der Waals surface area contributed by atoms with Crippen molar-refractivity contribution in [1.29, 1.82) is 0 Å². The SMILES string of the molecule is CCNC(C)(CCSC(C)C(C)C)C(N)=O. The lowest BCUT2D eigenvalue weighted by atomic mass is 9.98. The highest BCUT2D eigenvalue weighted by atomic mass is 32.2. The van der Waals surface area contributed by atoms with Crippen LogP contribution < -0.4 is 11.1 Å². The van der Waals surface area contributed by atoms with Crippen molar-refractivity contribution in [3.8, 4) is 0 Å². The Morgan fingerprint density at radius 2 is 2.00 bits per heavy atom. The van der Waals surface area contributed by atoms with Crippen LogP contribution >= 0.6 is 11.8 Å². The third-order valence-corrected chi connectivity index (χ3v) is 4.54. The molecule has 0 saturated heterocycles. The Balaban J connectivity index is 4.09. The van der Waals surface area contributed by atoms with E-state index in [2.05, 4.69) is 26.1 Å². The fraction of sp³-hybridized carbons (Fsp3) is 0.917. The molecule has 0 aromatic carbocycles. The van der Waals surface area contributed by atoms with Crippen molar-refractivity contribution in [2.75, 3.05) is 12.3 Å². The van der Waals surface area contributed by atoms with Crippen molar-refractivity contribution in [3.63, 3.8) is 0 Å². The minimum absolute atomic E-state index is 0.257. The monoisotopic (exact) mass is 246 g/mol. The van der Waals surface area contributed by atoms with Gasteiger partial charge in [-0.2, -0.15) is 11.8 Å². The summed E-state index contributed by atoms with van der Waals surface area (Å²) in [6, 6.07) is 0. The van der Waals surface area contributed by atoms with Gasteiger partial charge in [0.2, 0.25) is 5.91 Å². The number of likely N-dealkylation sites (N-methyl/N-ethyl adjacent to an activating group) is 1. The van der Waals surface area contributed by atoms with Crippen LogP contribution in [0.2, 0.25) is 0 Å². The Morgan fingerprint density at radius 1 is 1.44 bits per heavy atom. The lowest BCUT2D eigenvalue weighted by Crippen LogP contribution is -2.53. The molecule has 0 radical (unpaired) electrons. The van der Waals surface area contributed by atoms with Gasteiger partial charge in [-0.3, -0.25) is 4.79 Å². The normalized spacial score (nSPS) is 17.1. The number of nitrogens with one attached hydrogen (secondary N) is 1. The summed E-state index contributed by atoms with van der Waals surface area (Å²) in [5, 5.41) is 3.80. The Hall–Kier alpha value is -0.220. The standard InChI is InChI=1S/C12H26N2OS/c1-6-14-12(5,11(13)15)7-8-16-10(4)9(2)3/h9-10,14H,6-8H2,1-5H3,(H2,13,15). The van der Waals surface area contributed by atoms with E-state index in [-0.39, 0.29) is 5.91 Å². The summed E-state index contributed by atoms with van der Waals surface area (Å²) in [6.07, 6.45) is 0.790. The summed E-state index contributed by atoms with van der Waals surface area (Å²) in [4.78, 5) is 11.4. The van der Waals surface area contributed by atoms with Crippen molar-refractivity contribution in [2.45, 2.75) is 51.8 Å². The molecule has 4 heteroatoms. The molecule has 0 aliphatic carbocycles. The molecule has 1 amide bonds. The fourth-order valence-corrected chi connectivity index (χ4v) is 2.61. The van der Waals surface area contributed by atoms with Crippen molar-refractivity contribution >= 4 is 17.7 Å². The first-order valence-electron chi connectivity index (χ1n) is 6.00. The second-order valence-corrected chi connectivity index (χ2v) is 6.28. The second kappa shape index (κ2) is 7.17. The van der Waals surface area contributed by atoms with Crippen molar-refractivity contribution < 1.29 is 4.79 Å². The number of rotatable bonds is 8. The van der Waals surface area contributed by atoms with E-state index in [1.807, 2.05) is 25.6 Å². The minimum atomic E-state index is -0.557. The number of hydrogen-bond acceptors (Lipinski definition) is 3. The lowest BCUT2D eigenvalue weighted by molar-refractivity contribution is -0.123. The predicted octanol–water partition coefficient (Wildman–Crippen LogP) is 2.01. The van der Waals surface area contributed by atoms with Crippen LogP contribution in [0, 0.1) is 5.92 Å². The summed E-state index contributed by atoms with van der Waals surface area (Å²) in [5.41, 5.74) is 4.87. The molecule has 0 spiro atoms. The molecule has 0 heterocycles. The molecular weight excluding hydrogens is 220 g/mol. The minimum Gasteiger partial charge on any atom is -0.368 e. The molecule has 2 unspecified atom stereocenters. The topological polar surface area (TPSA) is 55.1 Å². The van der Waals surface area contributed by atoms with E-state index in [1.54, 1.807) is 0 Å². The summed E-state index contributed by atoms with van der Waals surface area (Å²) in [7, 11) is 0. The Bertz CT molecular complexity index is 221. The first-order valence-corrected chi connectivity index (χ1v) is 7.05. The quantitative estimate of drug-likeness (QED) is 0.689. The average molecular weight is 246 g/mol. The summed E-state index contributed by atoms with van der Waals surface area (Å²) < 4.78 is 0. The van der Waals surface area contributed by atoms with Gasteiger partial charge in [-0.25, -0.2) is 0 Å². The highest BCUT2D eigenvalue weighted by Crippen LogP contribution is 2.22. The number of thioether (sulfide) groups is 1. The van der Waals surface area contributed by atoms with Crippen LogP contribution in [0.5, 0.6) is 0 Å². The highest BCUT2D eigenvalue weighted by molar-refractivity contribution is 7.99. The molecule has 0 aliphatic rings. The summed E-state index contributed by atoms with van der Waals surface area (Å²) in [5.74, 6) is 1.38. The summed E-state index contributed by atoms with van der Waals surface area (Å²) >= 11 is 1.91. The predicted molar refractivity (Wildman–Crippen MR) is 72.7 cm³/mol. The van der Waals surface area contributed by atoms with Crippen molar-refractivity contribution in [3.05, 3.63) is 0 Å². The van der Waals surface area contributed by atoms with E-state index in [4.69, 9.17) is 5.73 Å². The Labute approximate surface area is 104 Å². The van der Waals surface area contributed by atoms with Gasteiger partial charge in [0.05, 0.1) is 5.54 Å². The van der Waals surface area contributed by atoms with Crippen LogP contribution in [-0.4, -0.2) is 29.0 Å². The molecule has 0 saturated carbocycles. The van der Waals surface area contributed by atoms with Gasteiger partial charge in [0.25, 0.3) is 0 Å². The molecule has 0 aromatic rings. The third kappa shape index (κ3) is 5.21. The molecule has 0 aliphatic heterocycles. The van der Waals surface area contributed by atoms with Gasteiger partial charge in [-0.1, -0.05) is 27.7 Å². The van der Waals surface area contributed by atoms with Crippen LogP contribution in [0.25, 0.3) is 0 Å². The number of carbonyl (C=O) groups excluding carboxylic acids is 1. The maximum Gasteiger partial charge on any atom is 0.237 e. The number of amides is 1. The van der Waals surface area contributed by atoms with Gasteiger partial charge in [-0.05, 0) is 31.6 Å². The Morgan fingerprint density at radius 3 is 2.38 bits per heavy atom. The Kier molecular flexibility index (Phi) is 7.07. The lowest BCUT2D eigenvalue weighted by Gasteiger charge is -2.27. The van der Waals surface area contributed by atoms with Gasteiger partial charge in [0.15, 0.2) is 0 Å². The maximum atomic E-state index is 11.4. The van der Waals surface area contributed by atoms with Gasteiger partial charge in [-0.15, -0.1) is 0 Å². The van der Waals surface area contributed by atoms with E-state index in [0.29, 0.717) is 11.2 Å². The molecule has 16 heavy (non-hydrogen) atoms. The van der Waals surface area contributed by atoms with Crippen LogP contribution in [-0.2, 0) is 4.79 Å². The average Bonchev–Trinajstić information content (AvgIpc) is 2.17. The van der Waals surface area contributed by atoms with Crippen LogP contribution in [0.1, 0.15) is 41.0 Å². The zero-order chi connectivity index (χ0) is 12.8. The molecule has 3 nitrogen and oxygen atoms in total. The first kappa shape index (κ1) is 15.8. The zero-order valence-corrected chi connectivity index (χ0v) is 12.0. The maximum absolute atomic E-state index is 11.4. The van der Waals surface area contributed by atoms with Gasteiger partial charge in [0, 0.05) is 5.25 Å². The molecule has 96 valence electrons. The van der Waals surface area contributed by atoms with Crippen LogP contribution in [0.4, 0.5) is 0 Å². The number of primary amides is 1. The molecule has 0 bridgehead atoms. The fourth-order valence-electron chi connectivity index (χ4n) is 1.33. The largest absolute Gasteiger partial charge is 0.368 e. The van der Waals surface area contributed by atoms with Gasteiger partial charge >= 0.3 is 0 Å². The second-order valence-electron chi connectivity index (χ2n) is 4.80. The highest BCUT2D eigenvalue weighted by Gasteiger charge is 2.29. The van der Waals surface area contributed by atoms with Crippen LogP contribution in [0.15, 0.2) is 0 Å². The molecule has 3 N–H and O–H groups in total. The third-order valence-electron chi connectivity index (χ3n) is 3.03.